The molecule has 1 aromatic heterocycles. The molecule has 0 bridgehead atoms. The van der Waals surface area contributed by atoms with Gasteiger partial charge in [0, 0.05) is 12.2 Å². The predicted octanol–water partition coefficient (Wildman–Crippen LogP) is 4.42. The van der Waals surface area contributed by atoms with Crippen LogP contribution in [0.3, 0.4) is 0 Å². The summed E-state index contributed by atoms with van der Waals surface area (Å²) in [6.07, 6.45) is 6.79. The monoisotopic (exact) mass is 240 g/mol. The zero-order valence-corrected chi connectivity index (χ0v) is 11.1. The lowest BCUT2D eigenvalue weighted by atomic mass is 10.1. The van der Waals surface area contributed by atoms with Crippen molar-refractivity contribution in [3.63, 3.8) is 0 Å². The first-order chi connectivity index (χ1) is 7.63. The molecule has 0 fully saturated rings. The molecule has 1 heterocycles. The van der Waals surface area contributed by atoms with Crippen LogP contribution < -0.4 is 5.32 Å². The highest BCUT2D eigenvalue weighted by molar-refractivity contribution is 6.31. The van der Waals surface area contributed by atoms with Gasteiger partial charge < -0.3 is 5.32 Å². The average Bonchev–Trinajstić information content (AvgIpc) is 2.24. The summed E-state index contributed by atoms with van der Waals surface area (Å²) in [6.45, 7) is 6.43. The Balaban J connectivity index is 2.48. The normalized spacial score (nSPS) is 12.5. The Hall–Kier alpha value is -0.760. The topological polar surface area (TPSA) is 24.9 Å². The predicted molar refractivity (Wildman–Crippen MR) is 71.2 cm³/mol. The van der Waals surface area contributed by atoms with Gasteiger partial charge in [-0.25, -0.2) is 4.98 Å². The van der Waals surface area contributed by atoms with Crippen molar-refractivity contribution >= 4 is 17.3 Å². The van der Waals surface area contributed by atoms with E-state index in [-0.39, 0.29) is 0 Å². The maximum atomic E-state index is 6.03. The van der Waals surface area contributed by atoms with E-state index in [0.29, 0.717) is 11.2 Å². The number of unbranched alkanes of at least 4 members (excludes halogenated alkanes) is 2. The molecule has 1 unspecified atom stereocenters. The highest BCUT2D eigenvalue weighted by Gasteiger charge is 2.06. The van der Waals surface area contributed by atoms with Crippen LogP contribution in [0, 0.1) is 6.92 Å². The van der Waals surface area contributed by atoms with E-state index in [2.05, 4.69) is 24.1 Å². The Morgan fingerprint density at radius 1 is 1.44 bits per heavy atom. The third kappa shape index (κ3) is 4.40. The van der Waals surface area contributed by atoms with E-state index in [1.165, 1.54) is 25.7 Å². The van der Waals surface area contributed by atoms with Crippen molar-refractivity contribution in [3.8, 4) is 0 Å². The van der Waals surface area contributed by atoms with Gasteiger partial charge in [-0.05, 0) is 31.9 Å². The summed E-state index contributed by atoms with van der Waals surface area (Å²) < 4.78 is 0. The van der Waals surface area contributed by atoms with Crippen molar-refractivity contribution in [2.75, 3.05) is 5.32 Å². The second-order valence-corrected chi connectivity index (χ2v) is 4.75. The van der Waals surface area contributed by atoms with Gasteiger partial charge in [0.1, 0.15) is 0 Å². The van der Waals surface area contributed by atoms with E-state index in [0.717, 1.165) is 11.3 Å². The highest BCUT2D eigenvalue weighted by atomic mass is 35.5. The number of anilines is 1. The van der Waals surface area contributed by atoms with Gasteiger partial charge in [-0.1, -0.05) is 37.8 Å². The largest absolute Gasteiger partial charge is 0.380 e. The minimum atomic E-state index is 0.452. The molecule has 1 atom stereocenters. The van der Waals surface area contributed by atoms with E-state index in [1.807, 2.05) is 13.0 Å². The Morgan fingerprint density at radius 2 is 2.19 bits per heavy atom. The Morgan fingerprint density at radius 3 is 2.88 bits per heavy atom. The lowest BCUT2D eigenvalue weighted by Crippen LogP contribution is -2.15. The van der Waals surface area contributed by atoms with Gasteiger partial charge in [-0.15, -0.1) is 0 Å². The van der Waals surface area contributed by atoms with Crippen LogP contribution in [-0.4, -0.2) is 11.0 Å². The highest BCUT2D eigenvalue weighted by Crippen LogP contribution is 2.21. The van der Waals surface area contributed by atoms with Crippen LogP contribution in [-0.2, 0) is 0 Å². The van der Waals surface area contributed by atoms with Crippen LogP contribution in [0.15, 0.2) is 12.3 Å². The molecule has 0 aromatic carbocycles. The van der Waals surface area contributed by atoms with Crippen LogP contribution in [0.5, 0.6) is 0 Å². The number of nitrogens with zero attached hydrogens (tertiary/aromatic N) is 1. The summed E-state index contributed by atoms with van der Waals surface area (Å²) in [5.41, 5.74) is 2.08. The molecule has 0 amide bonds. The first-order valence-corrected chi connectivity index (χ1v) is 6.40. The van der Waals surface area contributed by atoms with Gasteiger partial charge in [0.15, 0.2) is 5.15 Å². The van der Waals surface area contributed by atoms with Crippen LogP contribution in [0.25, 0.3) is 0 Å². The molecule has 3 heteroatoms. The minimum absolute atomic E-state index is 0.452. The summed E-state index contributed by atoms with van der Waals surface area (Å²) in [6, 6.07) is 2.50. The van der Waals surface area contributed by atoms with Crippen molar-refractivity contribution in [3.05, 3.63) is 23.0 Å². The fraction of sp³-hybridized carbons (Fsp3) is 0.615. The van der Waals surface area contributed by atoms with Crippen molar-refractivity contribution in [2.45, 2.75) is 52.5 Å². The van der Waals surface area contributed by atoms with E-state index < -0.39 is 0 Å². The first kappa shape index (κ1) is 13.3. The van der Waals surface area contributed by atoms with Gasteiger partial charge >= 0.3 is 0 Å². The number of pyridine rings is 1. The van der Waals surface area contributed by atoms with E-state index in [1.54, 1.807) is 6.20 Å². The summed E-state index contributed by atoms with van der Waals surface area (Å²) >= 11 is 6.03. The molecule has 16 heavy (non-hydrogen) atoms. The fourth-order valence-electron chi connectivity index (χ4n) is 1.69. The first-order valence-electron chi connectivity index (χ1n) is 6.02. The SMILES string of the molecule is CCCCCC(C)Nc1cc(C)cnc1Cl. The molecular weight excluding hydrogens is 220 g/mol. The molecule has 1 aromatic rings. The van der Waals surface area contributed by atoms with Crippen molar-refractivity contribution in [2.24, 2.45) is 0 Å². The fourth-order valence-corrected chi connectivity index (χ4v) is 1.85. The molecule has 0 saturated carbocycles. The van der Waals surface area contributed by atoms with Crippen LogP contribution in [0.2, 0.25) is 5.15 Å². The average molecular weight is 241 g/mol. The van der Waals surface area contributed by atoms with Gasteiger partial charge in [0.05, 0.1) is 5.69 Å². The van der Waals surface area contributed by atoms with E-state index in [9.17, 15) is 0 Å². The molecule has 0 aliphatic carbocycles. The summed E-state index contributed by atoms with van der Waals surface area (Å²) in [7, 11) is 0. The third-order valence-electron chi connectivity index (χ3n) is 2.62. The number of aromatic nitrogens is 1. The van der Waals surface area contributed by atoms with Gasteiger partial charge in [0.2, 0.25) is 0 Å². The summed E-state index contributed by atoms with van der Waals surface area (Å²) in [4.78, 5) is 4.13. The molecule has 0 saturated heterocycles. The maximum Gasteiger partial charge on any atom is 0.152 e. The summed E-state index contributed by atoms with van der Waals surface area (Å²) in [5, 5.41) is 3.98. The molecule has 1 N–H and O–H groups in total. The van der Waals surface area contributed by atoms with Crippen molar-refractivity contribution in [1.29, 1.82) is 0 Å². The molecule has 2 nitrogen and oxygen atoms in total. The van der Waals surface area contributed by atoms with Crippen LogP contribution >= 0.6 is 11.6 Å². The number of nitrogens with one attached hydrogen (secondary N) is 1. The van der Waals surface area contributed by atoms with Crippen LogP contribution in [0.4, 0.5) is 5.69 Å². The maximum absolute atomic E-state index is 6.03. The molecular formula is C13H21ClN2. The second-order valence-electron chi connectivity index (χ2n) is 4.39. The Labute approximate surface area is 103 Å². The van der Waals surface area contributed by atoms with Crippen molar-refractivity contribution in [1.82, 2.24) is 4.98 Å². The molecule has 0 aliphatic heterocycles. The van der Waals surface area contributed by atoms with Crippen molar-refractivity contribution < 1.29 is 0 Å². The van der Waals surface area contributed by atoms with Crippen LogP contribution in [0.1, 0.15) is 45.1 Å². The smallest absolute Gasteiger partial charge is 0.152 e. The molecule has 0 spiro atoms. The zero-order chi connectivity index (χ0) is 12.0. The number of halogens is 1. The number of hydrogen-bond acceptors (Lipinski definition) is 2. The zero-order valence-electron chi connectivity index (χ0n) is 10.4. The van der Waals surface area contributed by atoms with E-state index in [4.69, 9.17) is 11.6 Å². The minimum Gasteiger partial charge on any atom is -0.380 e. The lowest BCUT2D eigenvalue weighted by molar-refractivity contribution is 0.615. The third-order valence-corrected chi connectivity index (χ3v) is 2.92. The van der Waals surface area contributed by atoms with E-state index >= 15 is 0 Å². The summed E-state index contributed by atoms with van der Waals surface area (Å²) in [5.74, 6) is 0. The quantitative estimate of drug-likeness (QED) is 0.588. The number of aryl methyl sites for hydroxylation is 1. The molecule has 1 rings (SSSR count). The van der Waals surface area contributed by atoms with Gasteiger partial charge in [-0.3, -0.25) is 0 Å². The lowest BCUT2D eigenvalue weighted by Gasteiger charge is -2.16. The standard InChI is InChI=1S/C13H21ClN2/c1-4-5-6-7-11(3)16-12-8-10(2)9-15-13(12)14/h8-9,11,16H,4-7H2,1-3H3. The number of hydrogen-bond donors (Lipinski definition) is 1. The van der Waals surface area contributed by atoms with Gasteiger partial charge in [-0.2, -0.15) is 0 Å². The molecule has 0 radical (unpaired) electrons. The molecule has 90 valence electrons. The second kappa shape index (κ2) is 6.74. The Kier molecular flexibility index (Phi) is 5.61. The number of rotatable bonds is 6. The Bertz CT molecular complexity index is 326. The van der Waals surface area contributed by atoms with Gasteiger partial charge in [0.25, 0.3) is 0 Å². The molecule has 0 aliphatic rings.